The van der Waals surface area contributed by atoms with Gasteiger partial charge in [0.25, 0.3) is 0 Å². The Morgan fingerprint density at radius 3 is 2.35 bits per heavy atom. The van der Waals surface area contributed by atoms with Crippen LogP contribution in [0.3, 0.4) is 0 Å². The number of benzene rings is 2. The average molecular weight is 418 g/mol. The van der Waals surface area contributed by atoms with E-state index >= 15 is 0 Å². The number of allylic oxidation sites excluding steroid dienone is 1. The fraction of sp³-hybridized carbons (Fsp3) is 0.444. The maximum atomic E-state index is 12.5. The number of nitrogens with one attached hydrogen (secondary N) is 2. The van der Waals surface area contributed by atoms with Gasteiger partial charge in [0, 0.05) is 31.4 Å². The van der Waals surface area contributed by atoms with Crippen LogP contribution in [0.4, 0.5) is 10.5 Å². The number of carbonyl (C=O) groups is 1. The summed E-state index contributed by atoms with van der Waals surface area (Å²) in [6.45, 7) is 3.24. The predicted octanol–water partition coefficient (Wildman–Crippen LogP) is 6.22. The molecule has 2 amide bonds. The summed E-state index contributed by atoms with van der Waals surface area (Å²) in [7, 11) is 0. The topological polar surface area (TPSA) is 44.4 Å². The van der Waals surface area contributed by atoms with E-state index in [2.05, 4.69) is 33.7 Å². The minimum atomic E-state index is -0.103. The van der Waals surface area contributed by atoms with Crippen LogP contribution in [0.2, 0.25) is 0 Å². The Labute approximate surface area is 186 Å². The Bertz CT molecular complexity index is 852. The fourth-order valence-electron chi connectivity index (χ4n) is 4.65. The van der Waals surface area contributed by atoms with E-state index in [1.165, 1.54) is 44.1 Å². The number of urea groups is 1. The Morgan fingerprint density at radius 1 is 0.871 bits per heavy atom. The standard InChI is InChI=1S/C27H35N3O/c31-27(28-25-15-13-24(14-16-25)23-11-7-4-8-12-23)29-26-17-19-30(20-18-26)21-22-9-5-2-1-3-6-10-22/h4,7-9,11-16,26H,1-3,5-6,10,17-21H2,(H2,28,29,31)/b22-9-. The van der Waals surface area contributed by atoms with Crippen molar-refractivity contribution in [3.05, 3.63) is 66.2 Å². The molecule has 0 spiro atoms. The number of amides is 2. The minimum Gasteiger partial charge on any atom is -0.335 e. The second-order valence-corrected chi connectivity index (χ2v) is 8.91. The van der Waals surface area contributed by atoms with E-state index in [0.717, 1.165) is 43.7 Å². The van der Waals surface area contributed by atoms with Crippen molar-refractivity contribution in [3.8, 4) is 11.1 Å². The number of hydrogen-bond acceptors (Lipinski definition) is 2. The molecule has 2 aromatic carbocycles. The first-order valence-corrected chi connectivity index (χ1v) is 11.9. The van der Waals surface area contributed by atoms with E-state index in [1.807, 2.05) is 42.5 Å². The van der Waals surface area contributed by atoms with Crippen LogP contribution in [-0.2, 0) is 0 Å². The van der Waals surface area contributed by atoms with Gasteiger partial charge in [-0.1, -0.05) is 67.0 Å². The molecule has 0 aromatic heterocycles. The normalized spacial score (nSPS) is 20.2. The van der Waals surface area contributed by atoms with Gasteiger partial charge in [0.2, 0.25) is 0 Å². The molecule has 2 aromatic rings. The van der Waals surface area contributed by atoms with Crippen molar-refractivity contribution >= 4 is 11.7 Å². The van der Waals surface area contributed by atoms with Crippen molar-refractivity contribution in [2.45, 2.75) is 57.4 Å². The molecule has 0 bridgehead atoms. The van der Waals surface area contributed by atoms with Crippen LogP contribution in [0.5, 0.6) is 0 Å². The summed E-state index contributed by atoms with van der Waals surface area (Å²) in [5.41, 5.74) is 4.78. The van der Waals surface area contributed by atoms with Crippen molar-refractivity contribution in [1.29, 1.82) is 0 Å². The number of anilines is 1. The van der Waals surface area contributed by atoms with E-state index in [9.17, 15) is 4.79 Å². The first-order chi connectivity index (χ1) is 15.3. The van der Waals surface area contributed by atoms with E-state index in [4.69, 9.17) is 0 Å². The van der Waals surface area contributed by atoms with Crippen LogP contribution in [0.15, 0.2) is 66.2 Å². The Hall–Kier alpha value is -2.59. The number of piperidine rings is 1. The zero-order valence-electron chi connectivity index (χ0n) is 18.5. The second kappa shape index (κ2) is 11.1. The molecule has 0 saturated carbocycles. The molecule has 0 radical (unpaired) electrons. The first-order valence-electron chi connectivity index (χ1n) is 11.9. The molecule has 4 rings (SSSR count). The lowest BCUT2D eigenvalue weighted by atomic mass is 9.98. The summed E-state index contributed by atoms with van der Waals surface area (Å²) in [4.78, 5) is 15.0. The monoisotopic (exact) mass is 417 g/mol. The third-order valence-corrected chi connectivity index (χ3v) is 6.48. The third-order valence-electron chi connectivity index (χ3n) is 6.48. The maximum absolute atomic E-state index is 12.5. The maximum Gasteiger partial charge on any atom is 0.319 e. The van der Waals surface area contributed by atoms with Gasteiger partial charge in [-0.25, -0.2) is 4.79 Å². The van der Waals surface area contributed by atoms with Crippen LogP contribution in [-0.4, -0.2) is 36.6 Å². The number of rotatable bonds is 5. The molecule has 2 aliphatic rings. The highest BCUT2D eigenvalue weighted by Gasteiger charge is 2.21. The van der Waals surface area contributed by atoms with Gasteiger partial charge in [-0.3, -0.25) is 4.90 Å². The lowest BCUT2D eigenvalue weighted by Crippen LogP contribution is -2.46. The van der Waals surface area contributed by atoms with Crippen molar-refractivity contribution in [2.24, 2.45) is 0 Å². The molecular formula is C27H35N3O. The van der Waals surface area contributed by atoms with Gasteiger partial charge in [0.15, 0.2) is 0 Å². The molecule has 164 valence electrons. The molecule has 1 fully saturated rings. The lowest BCUT2D eigenvalue weighted by molar-refractivity contribution is 0.205. The smallest absolute Gasteiger partial charge is 0.319 e. The van der Waals surface area contributed by atoms with Gasteiger partial charge in [-0.15, -0.1) is 0 Å². The summed E-state index contributed by atoms with van der Waals surface area (Å²) in [6.07, 6.45) is 12.5. The van der Waals surface area contributed by atoms with Crippen LogP contribution in [0.25, 0.3) is 11.1 Å². The molecule has 4 heteroatoms. The molecule has 0 unspecified atom stereocenters. The molecular weight excluding hydrogens is 382 g/mol. The average Bonchev–Trinajstić information content (AvgIpc) is 2.78. The fourth-order valence-corrected chi connectivity index (χ4v) is 4.65. The third kappa shape index (κ3) is 6.70. The first kappa shape index (κ1) is 21.6. The SMILES string of the molecule is O=C(Nc1ccc(-c2ccccc2)cc1)NC1CCN(C/C2=C\CCCCCC2)CC1. The largest absolute Gasteiger partial charge is 0.335 e. The Morgan fingerprint density at radius 2 is 1.58 bits per heavy atom. The zero-order chi connectivity index (χ0) is 21.3. The van der Waals surface area contributed by atoms with E-state index in [0.29, 0.717) is 0 Å². The summed E-state index contributed by atoms with van der Waals surface area (Å²) >= 11 is 0. The molecule has 4 nitrogen and oxygen atoms in total. The van der Waals surface area contributed by atoms with Gasteiger partial charge < -0.3 is 10.6 Å². The molecule has 1 aliphatic heterocycles. The number of carbonyl (C=O) groups excluding carboxylic acids is 1. The van der Waals surface area contributed by atoms with Gasteiger partial charge >= 0.3 is 6.03 Å². The number of likely N-dealkylation sites (tertiary alicyclic amines) is 1. The second-order valence-electron chi connectivity index (χ2n) is 8.91. The van der Waals surface area contributed by atoms with Crippen LogP contribution < -0.4 is 10.6 Å². The Balaban J connectivity index is 1.20. The van der Waals surface area contributed by atoms with Crippen LogP contribution in [0, 0.1) is 0 Å². The molecule has 1 aliphatic carbocycles. The van der Waals surface area contributed by atoms with E-state index < -0.39 is 0 Å². The highest BCUT2D eigenvalue weighted by atomic mass is 16.2. The Kier molecular flexibility index (Phi) is 7.78. The molecule has 0 atom stereocenters. The van der Waals surface area contributed by atoms with E-state index in [-0.39, 0.29) is 12.1 Å². The quantitative estimate of drug-likeness (QED) is 0.567. The summed E-state index contributed by atoms with van der Waals surface area (Å²) < 4.78 is 0. The number of nitrogens with zero attached hydrogens (tertiary/aromatic N) is 1. The van der Waals surface area contributed by atoms with Gasteiger partial charge in [0.1, 0.15) is 0 Å². The molecule has 1 saturated heterocycles. The van der Waals surface area contributed by atoms with Crippen LogP contribution >= 0.6 is 0 Å². The highest BCUT2D eigenvalue weighted by Crippen LogP contribution is 2.22. The minimum absolute atomic E-state index is 0.103. The van der Waals surface area contributed by atoms with Crippen molar-refractivity contribution in [1.82, 2.24) is 10.2 Å². The summed E-state index contributed by atoms with van der Waals surface area (Å²) in [5, 5.41) is 6.15. The molecule has 2 N–H and O–H groups in total. The van der Waals surface area contributed by atoms with Crippen LogP contribution in [0.1, 0.15) is 51.4 Å². The van der Waals surface area contributed by atoms with Gasteiger partial charge in [0.05, 0.1) is 0 Å². The summed E-state index contributed by atoms with van der Waals surface area (Å²) in [6, 6.07) is 18.5. The lowest BCUT2D eigenvalue weighted by Gasteiger charge is -2.33. The predicted molar refractivity (Wildman–Crippen MR) is 129 cm³/mol. The zero-order valence-corrected chi connectivity index (χ0v) is 18.5. The summed E-state index contributed by atoms with van der Waals surface area (Å²) in [5.74, 6) is 0. The van der Waals surface area contributed by atoms with Gasteiger partial charge in [-0.2, -0.15) is 0 Å². The number of hydrogen-bond donors (Lipinski definition) is 2. The van der Waals surface area contributed by atoms with E-state index in [1.54, 1.807) is 5.57 Å². The van der Waals surface area contributed by atoms with Gasteiger partial charge in [-0.05, 0) is 61.8 Å². The van der Waals surface area contributed by atoms with Crippen molar-refractivity contribution in [2.75, 3.05) is 25.0 Å². The molecule has 31 heavy (non-hydrogen) atoms. The highest BCUT2D eigenvalue weighted by molar-refractivity contribution is 5.89. The van der Waals surface area contributed by atoms with Crippen molar-refractivity contribution in [3.63, 3.8) is 0 Å². The van der Waals surface area contributed by atoms with Crippen molar-refractivity contribution < 1.29 is 4.79 Å². The molecule has 1 heterocycles.